The van der Waals surface area contributed by atoms with Crippen LogP contribution in [0.4, 0.5) is 0 Å². The van der Waals surface area contributed by atoms with E-state index in [0.717, 1.165) is 0 Å². The fourth-order valence-corrected chi connectivity index (χ4v) is 4.77. The number of nitriles is 1. The van der Waals surface area contributed by atoms with Crippen molar-refractivity contribution in [3.63, 3.8) is 0 Å². The predicted octanol–water partition coefficient (Wildman–Crippen LogP) is 0.393. The summed E-state index contributed by atoms with van der Waals surface area (Å²) in [6.45, 7) is 0.0340. The SMILES string of the molecule is COCCS(=O)(=O)CCS(=O)(=O)c1cccc(C#N)c1. The zero-order chi connectivity index (χ0) is 15.2. The molecule has 0 saturated heterocycles. The van der Waals surface area contributed by atoms with E-state index in [-0.39, 0.29) is 22.8 Å². The van der Waals surface area contributed by atoms with Crippen LogP contribution in [0.1, 0.15) is 5.56 Å². The largest absolute Gasteiger partial charge is 0.384 e. The second-order valence-corrected chi connectivity index (χ2v) is 8.52. The number of hydrogen-bond acceptors (Lipinski definition) is 6. The second-order valence-electron chi connectivity index (χ2n) is 4.10. The smallest absolute Gasteiger partial charge is 0.179 e. The molecular formula is C12H15NO5S2. The molecule has 0 aromatic heterocycles. The van der Waals surface area contributed by atoms with Gasteiger partial charge in [0.15, 0.2) is 19.7 Å². The topological polar surface area (TPSA) is 101 Å². The fraction of sp³-hybridized carbons (Fsp3) is 0.417. The van der Waals surface area contributed by atoms with Crippen molar-refractivity contribution in [2.45, 2.75) is 4.90 Å². The predicted molar refractivity (Wildman–Crippen MR) is 73.7 cm³/mol. The maximum absolute atomic E-state index is 12.0. The van der Waals surface area contributed by atoms with Crippen LogP contribution in [-0.2, 0) is 24.4 Å². The Bertz CT molecular complexity index is 702. The number of sulfone groups is 2. The maximum atomic E-state index is 12.0. The summed E-state index contributed by atoms with van der Waals surface area (Å²) in [5.41, 5.74) is 0.216. The van der Waals surface area contributed by atoms with Gasteiger partial charge in [0, 0.05) is 7.11 Å². The molecule has 1 rings (SSSR count). The third-order valence-corrected chi connectivity index (χ3v) is 6.17. The highest BCUT2D eigenvalue weighted by atomic mass is 32.2. The van der Waals surface area contributed by atoms with Gasteiger partial charge in [-0.15, -0.1) is 0 Å². The van der Waals surface area contributed by atoms with Crippen molar-refractivity contribution in [2.75, 3.05) is 31.0 Å². The van der Waals surface area contributed by atoms with Gasteiger partial charge in [0.2, 0.25) is 0 Å². The van der Waals surface area contributed by atoms with Crippen LogP contribution >= 0.6 is 0 Å². The van der Waals surface area contributed by atoms with E-state index in [1.54, 1.807) is 0 Å². The first kappa shape index (κ1) is 16.6. The maximum Gasteiger partial charge on any atom is 0.179 e. The van der Waals surface area contributed by atoms with Gasteiger partial charge in [0.05, 0.1) is 40.4 Å². The van der Waals surface area contributed by atoms with E-state index in [0.29, 0.717) is 0 Å². The third-order valence-electron chi connectivity index (χ3n) is 2.58. The van der Waals surface area contributed by atoms with Crippen molar-refractivity contribution in [1.82, 2.24) is 0 Å². The van der Waals surface area contributed by atoms with Crippen LogP contribution in [0.5, 0.6) is 0 Å². The minimum absolute atomic E-state index is 0.0340. The molecule has 0 bridgehead atoms. The molecule has 0 fully saturated rings. The normalized spacial score (nSPS) is 12.0. The third kappa shape index (κ3) is 4.92. The van der Waals surface area contributed by atoms with E-state index in [2.05, 4.69) is 4.74 Å². The van der Waals surface area contributed by atoms with Crippen molar-refractivity contribution in [3.05, 3.63) is 29.8 Å². The Morgan fingerprint density at radius 1 is 1.15 bits per heavy atom. The van der Waals surface area contributed by atoms with Crippen LogP contribution in [0, 0.1) is 11.3 Å². The molecule has 0 aliphatic rings. The summed E-state index contributed by atoms with van der Waals surface area (Å²) in [6.07, 6.45) is 0. The average molecular weight is 317 g/mol. The lowest BCUT2D eigenvalue weighted by atomic mass is 10.2. The summed E-state index contributed by atoms with van der Waals surface area (Å²) < 4.78 is 51.9. The first-order valence-corrected chi connectivity index (χ1v) is 9.20. The lowest BCUT2D eigenvalue weighted by Gasteiger charge is -2.06. The van der Waals surface area contributed by atoms with Gasteiger partial charge in [0.25, 0.3) is 0 Å². The van der Waals surface area contributed by atoms with Crippen molar-refractivity contribution in [2.24, 2.45) is 0 Å². The highest BCUT2D eigenvalue weighted by Gasteiger charge is 2.20. The Morgan fingerprint density at radius 2 is 1.85 bits per heavy atom. The number of rotatable bonds is 7. The van der Waals surface area contributed by atoms with Gasteiger partial charge in [-0.3, -0.25) is 0 Å². The average Bonchev–Trinajstić information content (AvgIpc) is 2.43. The van der Waals surface area contributed by atoms with E-state index in [4.69, 9.17) is 5.26 Å². The molecule has 0 aliphatic carbocycles. The van der Waals surface area contributed by atoms with E-state index in [1.807, 2.05) is 6.07 Å². The summed E-state index contributed by atoms with van der Waals surface area (Å²) in [4.78, 5) is -0.0431. The molecule has 0 spiro atoms. The van der Waals surface area contributed by atoms with Gasteiger partial charge >= 0.3 is 0 Å². The summed E-state index contributed by atoms with van der Waals surface area (Å²) in [6, 6.07) is 7.35. The minimum Gasteiger partial charge on any atom is -0.384 e. The molecule has 1 aromatic carbocycles. The molecule has 0 radical (unpaired) electrons. The number of ether oxygens (including phenoxy) is 1. The van der Waals surface area contributed by atoms with Crippen LogP contribution in [0.3, 0.4) is 0 Å². The molecule has 8 heteroatoms. The summed E-state index contributed by atoms with van der Waals surface area (Å²) in [5.74, 6) is -1.18. The zero-order valence-corrected chi connectivity index (χ0v) is 12.6. The Kier molecular flexibility index (Phi) is 5.68. The Morgan fingerprint density at radius 3 is 2.45 bits per heavy atom. The standard InChI is InChI=1S/C12H15NO5S2/c1-18-5-6-19(14,15)7-8-20(16,17)12-4-2-3-11(9-12)10-13/h2-4,9H,5-8H2,1H3. The molecule has 6 nitrogen and oxygen atoms in total. The van der Waals surface area contributed by atoms with Gasteiger partial charge in [-0.2, -0.15) is 5.26 Å². The Labute approximate surface area is 118 Å². The zero-order valence-electron chi connectivity index (χ0n) is 10.9. The van der Waals surface area contributed by atoms with E-state index >= 15 is 0 Å². The van der Waals surface area contributed by atoms with Crippen molar-refractivity contribution >= 4 is 19.7 Å². The van der Waals surface area contributed by atoms with Crippen LogP contribution in [0.2, 0.25) is 0 Å². The summed E-state index contributed by atoms with van der Waals surface area (Å²) in [5, 5.41) is 8.73. The summed E-state index contributed by atoms with van der Waals surface area (Å²) >= 11 is 0. The van der Waals surface area contributed by atoms with Gasteiger partial charge in [-0.05, 0) is 18.2 Å². The van der Waals surface area contributed by atoms with E-state index in [9.17, 15) is 16.8 Å². The molecule has 20 heavy (non-hydrogen) atoms. The van der Waals surface area contributed by atoms with Gasteiger partial charge in [-0.25, -0.2) is 16.8 Å². The number of hydrogen-bond donors (Lipinski definition) is 0. The molecule has 0 unspecified atom stereocenters. The molecule has 0 N–H and O–H groups in total. The highest BCUT2D eigenvalue weighted by molar-refractivity contribution is 7.95. The van der Waals surface area contributed by atoms with Gasteiger partial charge in [-0.1, -0.05) is 6.07 Å². The summed E-state index contributed by atoms with van der Waals surface area (Å²) in [7, 11) is -5.82. The number of benzene rings is 1. The number of nitrogens with zero attached hydrogens (tertiary/aromatic N) is 1. The monoisotopic (exact) mass is 317 g/mol. The van der Waals surface area contributed by atoms with Crippen molar-refractivity contribution in [1.29, 1.82) is 5.26 Å². The molecular weight excluding hydrogens is 302 g/mol. The van der Waals surface area contributed by atoms with Gasteiger partial charge in [0.1, 0.15) is 0 Å². The van der Waals surface area contributed by atoms with Gasteiger partial charge < -0.3 is 4.74 Å². The molecule has 0 heterocycles. The van der Waals surface area contributed by atoms with Crippen molar-refractivity contribution in [3.8, 4) is 6.07 Å². The fourth-order valence-electron chi connectivity index (χ4n) is 1.43. The lowest BCUT2D eigenvalue weighted by Crippen LogP contribution is -2.21. The van der Waals surface area contributed by atoms with Crippen LogP contribution < -0.4 is 0 Å². The molecule has 0 amide bonds. The Balaban J connectivity index is 2.83. The lowest BCUT2D eigenvalue weighted by molar-refractivity contribution is 0.217. The molecule has 1 aromatic rings. The molecule has 0 atom stereocenters. The second kappa shape index (κ2) is 6.83. The van der Waals surface area contributed by atoms with E-state index in [1.165, 1.54) is 31.4 Å². The molecule has 0 aliphatic heterocycles. The quantitative estimate of drug-likeness (QED) is 0.721. The molecule has 0 saturated carbocycles. The first-order valence-electron chi connectivity index (χ1n) is 5.73. The molecule has 110 valence electrons. The van der Waals surface area contributed by atoms with Crippen LogP contribution in [-0.4, -0.2) is 47.8 Å². The van der Waals surface area contributed by atoms with Crippen molar-refractivity contribution < 1.29 is 21.6 Å². The highest BCUT2D eigenvalue weighted by Crippen LogP contribution is 2.13. The Hall–Kier alpha value is -1.43. The van der Waals surface area contributed by atoms with E-state index < -0.39 is 31.2 Å². The first-order chi connectivity index (χ1) is 9.30. The number of methoxy groups -OCH3 is 1. The minimum atomic E-state index is -3.72. The van der Waals surface area contributed by atoms with Crippen LogP contribution in [0.25, 0.3) is 0 Å². The van der Waals surface area contributed by atoms with Crippen LogP contribution in [0.15, 0.2) is 29.2 Å².